The van der Waals surface area contributed by atoms with Gasteiger partial charge in [0.25, 0.3) is 7.37 Å². The summed E-state index contributed by atoms with van der Waals surface area (Å²) in [6.45, 7) is 1.97. The Balaban J connectivity index is 2.66. The highest BCUT2D eigenvalue weighted by molar-refractivity contribution is 7.74. The molecule has 0 aliphatic rings. The van der Waals surface area contributed by atoms with Crippen molar-refractivity contribution in [2.24, 2.45) is 0 Å². The Morgan fingerprint density at radius 2 is 1.70 bits per heavy atom. The third kappa shape index (κ3) is 2.67. The van der Waals surface area contributed by atoms with Crippen LogP contribution in [0.2, 0.25) is 0 Å². The summed E-state index contributed by atoms with van der Waals surface area (Å²) in [5.74, 6) is -1.11. The Kier molecular flexibility index (Phi) is 4.38. The van der Waals surface area contributed by atoms with Crippen molar-refractivity contribution in [3.8, 4) is 0 Å². The van der Waals surface area contributed by atoms with Crippen LogP contribution in [-0.2, 0) is 9.09 Å². The molecule has 0 amide bonds. The number of rotatable bonds is 5. The molecule has 0 heterocycles. The summed E-state index contributed by atoms with van der Waals surface area (Å²) < 4.78 is 18.7. The van der Waals surface area contributed by atoms with Crippen LogP contribution in [-0.4, -0.2) is 17.7 Å². The summed E-state index contributed by atoms with van der Waals surface area (Å²) in [5.41, 5.74) is 0.00753. The first-order valence-corrected chi connectivity index (χ1v) is 7.85. The third-order valence-electron chi connectivity index (χ3n) is 2.86. The van der Waals surface area contributed by atoms with Crippen LogP contribution >= 0.6 is 7.37 Å². The van der Waals surface area contributed by atoms with Crippen molar-refractivity contribution >= 4 is 23.9 Å². The van der Waals surface area contributed by atoms with Crippen LogP contribution in [0.25, 0.3) is 0 Å². The van der Waals surface area contributed by atoms with Crippen molar-refractivity contribution in [3.05, 3.63) is 60.2 Å². The van der Waals surface area contributed by atoms with E-state index in [1.54, 1.807) is 49.4 Å². The highest BCUT2D eigenvalue weighted by Gasteiger charge is 2.32. The lowest BCUT2D eigenvalue weighted by atomic mass is 10.2. The van der Waals surface area contributed by atoms with Crippen LogP contribution in [0.4, 0.5) is 0 Å². The van der Waals surface area contributed by atoms with Crippen LogP contribution < -0.4 is 10.6 Å². The van der Waals surface area contributed by atoms with Gasteiger partial charge in [0, 0.05) is 5.30 Å². The minimum atomic E-state index is -3.40. The maximum atomic E-state index is 13.3. The van der Waals surface area contributed by atoms with Crippen molar-refractivity contribution in [1.82, 2.24) is 0 Å². The predicted molar refractivity (Wildman–Crippen MR) is 78.3 cm³/mol. The van der Waals surface area contributed by atoms with Crippen molar-refractivity contribution in [2.75, 3.05) is 6.61 Å². The second-order valence-corrected chi connectivity index (χ2v) is 6.49. The molecule has 0 aromatic heterocycles. The number of hydrogen-bond acceptors (Lipinski definition) is 3. The van der Waals surface area contributed by atoms with Gasteiger partial charge in [-0.05, 0) is 31.2 Å². The topological polar surface area (TPSA) is 63.6 Å². The molecule has 1 atom stereocenters. The number of carboxylic acid groups (broad SMARTS) is 1. The Bertz CT molecular complexity index is 652. The molecule has 5 heteroatoms. The Morgan fingerprint density at radius 1 is 1.10 bits per heavy atom. The van der Waals surface area contributed by atoms with Gasteiger partial charge in [-0.3, -0.25) is 4.57 Å². The minimum absolute atomic E-state index is 0.00753. The quantitative estimate of drug-likeness (QED) is 0.860. The first-order valence-electron chi connectivity index (χ1n) is 6.22. The molecule has 0 aliphatic carbocycles. The van der Waals surface area contributed by atoms with Gasteiger partial charge in [-0.15, -0.1) is 0 Å². The zero-order valence-corrected chi connectivity index (χ0v) is 11.9. The molecule has 20 heavy (non-hydrogen) atoms. The van der Waals surface area contributed by atoms with Crippen LogP contribution in [0.1, 0.15) is 17.3 Å². The van der Waals surface area contributed by atoms with Gasteiger partial charge < -0.3 is 9.63 Å². The average Bonchev–Trinajstić information content (AvgIpc) is 2.48. The number of carbonyl (C=O) groups is 1. The fourth-order valence-corrected chi connectivity index (χ4v) is 4.26. The first-order chi connectivity index (χ1) is 9.59. The highest BCUT2D eigenvalue weighted by Crippen LogP contribution is 2.45. The zero-order chi connectivity index (χ0) is 14.6. The van der Waals surface area contributed by atoms with Gasteiger partial charge in [-0.25, -0.2) is 4.79 Å². The van der Waals surface area contributed by atoms with Crippen LogP contribution in [0.15, 0.2) is 54.6 Å². The molecule has 4 nitrogen and oxygen atoms in total. The molecule has 1 N–H and O–H groups in total. The van der Waals surface area contributed by atoms with Gasteiger partial charge in [0.15, 0.2) is 0 Å². The standard InChI is InChI=1S/C15H15O4P/c1-2-19-20(18,12-8-4-3-5-9-12)14-11-7-6-10-13(14)15(16)17/h3-11H,2H2,1H3,(H,16,17). The molecule has 0 spiro atoms. The summed E-state index contributed by atoms with van der Waals surface area (Å²) in [7, 11) is -3.40. The average molecular weight is 290 g/mol. The zero-order valence-electron chi connectivity index (χ0n) is 11.0. The van der Waals surface area contributed by atoms with E-state index in [2.05, 4.69) is 0 Å². The van der Waals surface area contributed by atoms with E-state index in [9.17, 15) is 14.5 Å². The lowest BCUT2D eigenvalue weighted by molar-refractivity contribution is 0.0698. The summed E-state index contributed by atoms with van der Waals surface area (Å²) in [5, 5.41) is 9.99. The molecule has 0 saturated carbocycles. The fourth-order valence-electron chi connectivity index (χ4n) is 2.00. The molecular weight excluding hydrogens is 275 g/mol. The molecular formula is C15H15O4P. The van der Waals surface area contributed by atoms with E-state index in [1.165, 1.54) is 6.07 Å². The van der Waals surface area contributed by atoms with Gasteiger partial charge in [-0.1, -0.05) is 30.3 Å². The van der Waals surface area contributed by atoms with E-state index in [4.69, 9.17) is 4.52 Å². The SMILES string of the molecule is CCOP(=O)(c1ccccc1)c1ccccc1C(=O)O. The number of hydrogen-bond donors (Lipinski definition) is 1. The summed E-state index contributed by atoms with van der Waals surface area (Å²) in [6, 6.07) is 14.9. The van der Waals surface area contributed by atoms with E-state index in [1.807, 2.05) is 6.07 Å². The van der Waals surface area contributed by atoms with Gasteiger partial charge in [0.1, 0.15) is 0 Å². The maximum Gasteiger partial charge on any atom is 0.336 e. The Hall–Kier alpha value is -1.90. The number of carboxylic acids is 1. The van der Waals surface area contributed by atoms with E-state index in [-0.39, 0.29) is 17.5 Å². The monoisotopic (exact) mass is 290 g/mol. The molecule has 0 fully saturated rings. The van der Waals surface area contributed by atoms with Gasteiger partial charge in [-0.2, -0.15) is 0 Å². The van der Waals surface area contributed by atoms with Crippen molar-refractivity contribution in [3.63, 3.8) is 0 Å². The molecule has 2 aromatic rings. The molecule has 0 saturated heterocycles. The molecule has 104 valence electrons. The molecule has 0 radical (unpaired) electrons. The largest absolute Gasteiger partial charge is 0.478 e. The smallest absolute Gasteiger partial charge is 0.336 e. The van der Waals surface area contributed by atoms with Crippen molar-refractivity contribution < 1.29 is 19.0 Å². The normalized spacial score (nSPS) is 13.7. The lowest BCUT2D eigenvalue weighted by Gasteiger charge is -2.20. The van der Waals surface area contributed by atoms with Gasteiger partial charge in [0.05, 0.1) is 17.5 Å². The minimum Gasteiger partial charge on any atom is -0.478 e. The summed E-state index contributed by atoms with van der Waals surface area (Å²) in [4.78, 5) is 11.3. The Morgan fingerprint density at radius 3 is 2.30 bits per heavy atom. The first kappa shape index (κ1) is 14.5. The molecule has 2 aromatic carbocycles. The fraction of sp³-hybridized carbons (Fsp3) is 0.133. The molecule has 0 aliphatic heterocycles. The molecule has 0 bridgehead atoms. The van der Waals surface area contributed by atoms with Crippen LogP contribution in [0.5, 0.6) is 0 Å². The predicted octanol–water partition coefficient (Wildman–Crippen LogP) is 2.65. The number of benzene rings is 2. The van der Waals surface area contributed by atoms with Gasteiger partial charge >= 0.3 is 5.97 Å². The number of aromatic carboxylic acids is 1. The van der Waals surface area contributed by atoms with E-state index in [0.29, 0.717) is 5.30 Å². The maximum absolute atomic E-state index is 13.3. The lowest BCUT2D eigenvalue weighted by Crippen LogP contribution is -2.23. The summed E-state index contributed by atoms with van der Waals surface area (Å²) in [6.07, 6.45) is 0. The third-order valence-corrected chi connectivity index (χ3v) is 5.48. The Labute approximate surface area is 117 Å². The van der Waals surface area contributed by atoms with E-state index in [0.717, 1.165) is 0 Å². The van der Waals surface area contributed by atoms with E-state index >= 15 is 0 Å². The van der Waals surface area contributed by atoms with Crippen LogP contribution in [0, 0.1) is 0 Å². The van der Waals surface area contributed by atoms with E-state index < -0.39 is 13.3 Å². The second-order valence-electron chi connectivity index (χ2n) is 4.13. The summed E-state index contributed by atoms with van der Waals surface area (Å²) >= 11 is 0. The second kappa shape index (κ2) is 6.04. The highest BCUT2D eigenvalue weighted by atomic mass is 31.2. The van der Waals surface area contributed by atoms with Crippen LogP contribution in [0.3, 0.4) is 0 Å². The molecule has 2 rings (SSSR count). The van der Waals surface area contributed by atoms with Crippen molar-refractivity contribution in [1.29, 1.82) is 0 Å². The molecule has 1 unspecified atom stereocenters. The van der Waals surface area contributed by atoms with Crippen molar-refractivity contribution in [2.45, 2.75) is 6.92 Å². The van der Waals surface area contributed by atoms with Gasteiger partial charge in [0.2, 0.25) is 0 Å².